The number of aromatic nitrogens is 2. The topological polar surface area (TPSA) is 75.5 Å². The zero-order valence-electron chi connectivity index (χ0n) is 18.3. The molecule has 0 aliphatic carbocycles. The Kier molecular flexibility index (Phi) is 6.93. The molecule has 1 atom stereocenters. The average Bonchev–Trinajstić information content (AvgIpc) is 2.78. The molecule has 0 saturated heterocycles. The molecule has 172 valence electrons. The van der Waals surface area contributed by atoms with Crippen LogP contribution in [0.2, 0.25) is 0 Å². The van der Waals surface area contributed by atoms with Crippen molar-refractivity contribution in [3.8, 4) is 17.1 Å². The Bertz CT molecular complexity index is 1160. The van der Waals surface area contributed by atoms with E-state index in [2.05, 4.69) is 14.9 Å². The maximum Gasteiger partial charge on any atom is 0.303 e. The van der Waals surface area contributed by atoms with E-state index in [1.807, 2.05) is 6.92 Å². The summed E-state index contributed by atoms with van der Waals surface area (Å²) in [6.07, 6.45) is 2.54. The van der Waals surface area contributed by atoms with Crippen molar-refractivity contribution < 1.29 is 23.4 Å². The van der Waals surface area contributed by atoms with Crippen molar-refractivity contribution in [1.82, 2.24) is 14.9 Å². The van der Waals surface area contributed by atoms with Gasteiger partial charge in [0.05, 0.1) is 11.3 Å². The zero-order valence-corrected chi connectivity index (χ0v) is 18.3. The van der Waals surface area contributed by atoms with E-state index in [1.165, 1.54) is 12.1 Å². The Morgan fingerprint density at radius 3 is 2.79 bits per heavy atom. The van der Waals surface area contributed by atoms with Gasteiger partial charge in [-0.2, -0.15) is 0 Å². The summed E-state index contributed by atoms with van der Waals surface area (Å²) in [5, 5.41) is 8.95. The second-order valence-corrected chi connectivity index (χ2v) is 8.38. The monoisotopic (exact) mass is 453 g/mol. The third-order valence-electron chi connectivity index (χ3n) is 5.64. The molecule has 1 aromatic heterocycles. The summed E-state index contributed by atoms with van der Waals surface area (Å²) in [6.45, 7) is 4.03. The van der Waals surface area contributed by atoms with E-state index < -0.39 is 11.8 Å². The van der Waals surface area contributed by atoms with Crippen molar-refractivity contribution in [2.24, 2.45) is 5.92 Å². The highest BCUT2D eigenvalue weighted by molar-refractivity contribution is 5.67. The van der Waals surface area contributed by atoms with Crippen molar-refractivity contribution in [1.29, 1.82) is 0 Å². The second-order valence-electron chi connectivity index (χ2n) is 8.38. The average molecular weight is 453 g/mol. The van der Waals surface area contributed by atoms with Crippen LogP contribution in [0.25, 0.3) is 11.4 Å². The number of halogens is 2. The highest BCUT2D eigenvalue weighted by Crippen LogP contribution is 2.27. The lowest BCUT2D eigenvalue weighted by Gasteiger charge is -2.29. The van der Waals surface area contributed by atoms with Crippen molar-refractivity contribution in [3.63, 3.8) is 0 Å². The summed E-state index contributed by atoms with van der Waals surface area (Å²) in [7, 11) is 0. The predicted molar refractivity (Wildman–Crippen MR) is 119 cm³/mol. The van der Waals surface area contributed by atoms with Crippen molar-refractivity contribution >= 4 is 5.97 Å². The Morgan fingerprint density at radius 1 is 1.21 bits per heavy atom. The van der Waals surface area contributed by atoms with Crippen LogP contribution < -0.4 is 4.74 Å². The molecule has 1 unspecified atom stereocenters. The molecule has 0 radical (unpaired) electrons. The molecule has 0 spiro atoms. The van der Waals surface area contributed by atoms with Crippen LogP contribution in [0.15, 0.2) is 48.7 Å². The van der Waals surface area contributed by atoms with Gasteiger partial charge in [0.1, 0.15) is 24.0 Å². The normalized spacial score (nSPS) is 14.5. The van der Waals surface area contributed by atoms with Crippen molar-refractivity contribution in [2.45, 2.75) is 32.9 Å². The molecule has 1 aliphatic heterocycles. The number of benzene rings is 2. The highest BCUT2D eigenvalue weighted by atomic mass is 19.1. The van der Waals surface area contributed by atoms with Crippen LogP contribution in [0.5, 0.6) is 5.75 Å². The Labute approximate surface area is 190 Å². The van der Waals surface area contributed by atoms with Gasteiger partial charge in [0.25, 0.3) is 0 Å². The molecule has 2 heterocycles. The van der Waals surface area contributed by atoms with Gasteiger partial charge in [-0.15, -0.1) is 0 Å². The van der Waals surface area contributed by atoms with Gasteiger partial charge in [-0.1, -0.05) is 25.1 Å². The van der Waals surface area contributed by atoms with Crippen LogP contribution in [0.1, 0.15) is 30.2 Å². The Hall–Kier alpha value is -3.39. The number of rotatable bonds is 8. The number of hydrogen-bond acceptors (Lipinski definition) is 5. The molecule has 3 aromatic rings. The van der Waals surface area contributed by atoms with Gasteiger partial charge in [-0.25, -0.2) is 18.7 Å². The minimum Gasteiger partial charge on any atom is -0.489 e. The van der Waals surface area contributed by atoms with E-state index in [0.29, 0.717) is 36.6 Å². The third kappa shape index (κ3) is 5.70. The lowest BCUT2D eigenvalue weighted by Crippen LogP contribution is -2.35. The van der Waals surface area contributed by atoms with Crippen LogP contribution in [-0.2, 0) is 24.4 Å². The molecular weight excluding hydrogens is 428 g/mol. The molecular formula is C25H25F2N3O3. The number of ether oxygens (including phenoxy) is 1. The van der Waals surface area contributed by atoms with Gasteiger partial charge in [0, 0.05) is 55.9 Å². The van der Waals surface area contributed by atoms with Crippen molar-refractivity contribution in [2.75, 3.05) is 13.1 Å². The molecule has 0 bridgehead atoms. The molecule has 2 aromatic carbocycles. The van der Waals surface area contributed by atoms with Gasteiger partial charge >= 0.3 is 5.97 Å². The maximum atomic E-state index is 14.8. The largest absolute Gasteiger partial charge is 0.489 e. The Balaban J connectivity index is 1.42. The van der Waals surface area contributed by atoms with Gasteiger partial charge < -0.3 is 9.84 Å². The van der Waals surface area contributed by atoms with Gasteiger partial charge in [0.2, 0.25) is 0 Å². The smallest absolute Gasteiger partial charge is 0.303 e. The van der Waals surface area contributed by atoms with Gasteiger partial charge in [-0.05, 0) is 24.1 Å². The standard InChI is InChI=1S/C25H25F2N3O3/c1-16(10-24(31)32)13-30-9-8-23-18(14-30)12-28-25(29-23)20-7-6-19(11-22(20)27)33-15-17-4-2-3-5-21(17)26/h2-7,11-12,16H,8-10,13-15H2,1H3,(H,31,32). The van der Waals surface area contributed by atoms with Crippen LogP contribution >= 0.6 is 0 Å². The number of nitrogens with zero attached hydrogens (tertiary/aromatic N) is 3. The second kappa shape index (κ2) is 10.0. The summed E-state index contributed by atoms with van der Waals surface area (Å²) in [6, 6.07) is 10.7. The molecule has 6 nitrogen and oxygen atoms in total. The molecule has 4 rings (SSSR count). The number of aliphatic carboxylic acids is 1. The molecule has 1 N–H and O–H groups in total. The summed E-state index contributed by atoms with van der Waals surface area (Å²) in [5.74, 6) is -1.02. The van der Waals surface area contributed by atoms with E-state index in [-0.39, 0.29) is 30.3 Å². The van der Waals surface area contributed by atoms with Crippen molar-refractivity contribution in [3.05, 3.63) is 77.1 Å². The maximum absolute atomic E-state index is 14.8. The summed E-state index contributed by atoms with van der Waals surface area (Å²) in [5.41, 5.74) is 2.51. The first-order chi connectivity index (χ1) is 15.9. The number of fused-ring (bicyclic) bond motifs is 1. The lowest BCUT2D eigenvalue weighted by molar-refractivity contribution is -0.138. The number of carboxylic acids is 1. The summed E-state index contributed by atoms with van der Waals surface area (Å²) >= 11 is 0. The first-order valence-electron chi connectivity index (χ1n) is 10.8. The fourth-order valence-corrected chi connectivity index (χ4v) is 4.01. The van der Waals surface area contributed by atoms with E-state index >= 15 is 0 Å². The summed E-state index contributed by atoms with van der Waals surface area (Å²) < 4.78 is 34.1. The molecule has 33 heavy (non-hydrogen) atoms. The third-order valence-corrected chi connectivity index (χ3v) is 5.64. The SMILES string of the molecule is CC(CC(=O)O)CN1CCc2nc(-c3ccc(OCc4ccccc4F)cc3F)ncc2C1. The Morgan fingerprint density at radius 2 is 2.03 bits per heavy atom. The fraction of sp³-hybridized carbons (Fsp3) is 0.320. The summed E-state index contributed by atoms with van der Waals surface area (Å²) in [4.78, 5) is 22.0. The van der Waals surface area contributed by atoms with Crippen LogP contribution in [-0.4, -0.2) is 39.0 Å². The van der Waals surface area contributed by atoms with E-state index in [0.717, 1.165) is 17.8 Å². The predicted octanol–water partition coefficient (Wildman–Crippen LogP) is 4.47. The number of carboxylic acid groups (broad SMARTS) is 1. The minimum absolute atomic E-state index is 0.00237. The van der Waals surface area contributed by atoms with Gasteiger partial charge in [0.15, 0.2) is 5.82 Å². The first-order valence-corrected chi connectivity index (χ1v) is 10.8. The van der Waals surface area contributed by atoms with E-state index in [9.17, 15) is 13.6 Å². The first kappa shape index (κ1) is 22.8. The van der Waals surface area contributed by atoms with Crippen LogP contribution in [0, 0.1) is 17.6 Å². The number of carbonyl (C=O) groups is 1. The van der Waals surface area contributed by atoms with Crippen LogP contribution in [0.4, 0.5) is 8.78 Å². The number of hydrogen-bond donors (Lipinski definition) is 1. The molecule has 8 heteroatoms. The molecule has 0 fully saturated rings. The van der Waals surface area contributed by atoms with E-state index in [4.69, 9.17) is 9.84 Å². The molecule has 0 amide bonds. The minimum atomic E-state index is -0.793. The lowest BCUT2D eigenvalue weighted by atomic mass is 10.0. The molecule has 0 saturated carbocycles. The van der Waals surface area contributed by atoms with Crippen LogP contribution in [0.3, 0.4) is 0 Å². The van der Waals surface area contributed by atoms with E-state index in [1.54, 1.807) is 36.5 Å². The zero-order chi connectivity index (χ0) is 23.4. The quantitative estimate of drug-likeness (QED) is 0.543. The highest BCUT2D eigenvalue weighted by Gasteiger charge is 2.22. The molecule has 1 aliphatic rings. The fourth-order valence-electron chi connectivity index (χ4n) is 4.01. The van der Waals surface area contributed by atoms with Gasteiger partial charge in [-0.3, -0.25) is 9.69 Å².